The standard InChI is InChI=1S/C6H14.CH5N3.2BrH/c1-3-5-6-4-2;2-1(3)4;;/h3-6H2,1-2H3;(H5,2,3,4);2*1H. The number of guanidine groups is 1. The molecule has 78 valence electrons. The quantitative estimate of drug-likeness (QED) is 0.426. The molecule has 0 aromatic rings. The highest BCUT2D eigenvalue weighted by molar-refractivity contribution is 8.93. The zero-order chi connectivity index (χ0) is 8.41. The average molecular weight is 307 g/mol. The normalized spacial score (nSPS) is 6.50. The lowest BCUT2D eigenvalue weighted by molar-refractivity contribution is 0.702. The number of rotatable bonds is 3. The third kappa shape index (κ3) is 83.5. The van der Waals surface area contributed by atoms with E-state index in [1.165, 1.54) is 25.7 Å². The molecule has 3 nitrogen and oxygen atoms in total. The summed E-state index contributed by atoms with van der Waals surface area (Å²) >= 11 is 0. The smallest absolute Gasteiger partial charge is 0.183 e. The van der Waals surface area contributed by atoms with E-state index in [9.17, 15) is 0 Å². The van der Waals surface area contributed by atoms with Gasteiger partial charge in [-0.15, -0.1) is 34.0 Å². The summed E-state index contributed by atoms with van der Waals surface area (Å²) in [5, 5.41) is 6.06. The molecule has 0 saturated carbocycles. The molecule has 0 bridgehead atoms. The molecule has 0 amide bonds. The van der Waals surface area contributed by atoms with E-state index in [0.29, 0.717) is 0 Å². The molecule has 0 aromatic carbocycles. The summed E-state index contributed by atoms with van der Waals surface area (Å²) in [7, 11) is 0. The number of hydrogen-bond donors (Lipinski definition) is 3. The Morgan fingerprint density at radius 1 is 1.00 bits per heavy atom. The van der Waals surface area contributed by atoms with Crippen molar-refractivity contribution in [3.05, 3.63) is 0 Å². The first-order valence-corrected chi connectivity index (χ1v) is 3.74. The molecule has 5 heteroatoms. The van der Waals surface area contributed by atoms with Crippen molar-refractivity contribution >= 4 is 39.9 Å². The lowest BCUT2D eigenvalue weighted by Crippen LogP contribution is -2.20. The van der Waals surface area contributed by atoms with Crippen LogP contribution >= 0.6 is 34.0 Å². The van der Waals surface area contributed by atoms with Gasteiger partial charge in [0.15, 0.2) is 5.96 Å². The Labute approximate surface area is 96.3 Å². The maximum Gasteiger partial charge on any atom is 0.183 e. The average Bonchev–Trinajstić information content (AvgIpc) is 1.82. The number of halogens is 2. The molecule has 0 fully saturated rings. The van der Waals surface area contributed by atoms with Gasteiger partial charge in [-0.3, -0.25) is 5.41 Å². The highest BCUT2D eigenvalue weighted by Gasteiger charge is 1.75. The summed E-state index contributed by atoms with van der Waals surface area (Å²) in [6.07, 6.45) is 5.54. The van der Waals surface area contributed by atoms with Gasteiger partial charge in [0.05, 0.1) is 0 Å². The molecule has 0 unspecified atom stereocenters. The molecule has 5 N–H and O–H groups in total. The van der Waals surface area contributed by atoms with Gasteiger partial charge in [0, 0.05) is 0 Å². The van der Waals surface area contributed by atoms with Crippen molar-refractivity contribution < 1.29 is 0 Å². The van der Waals surface area contributed by atoms with Crippen molar-refractivity contribution in [2.24, 2.45) is 11.5 Å². The second-order valence-electron chi connectivity index (χ2n) is 2.16. The van der Waals surface area contributed by atoms with Gasteiger partial charge in [0.25, 0.3) is 0 Å². The van der Waals surface area contributed by atoms with Crippen LogP contribution in [0.5, 0.6) is 0 Å². The molecule has 0 heterocycles. The molecule has 0 spiro atoms. The van der Waals surface area contributed by atoms with Gasteiger partial charge in [0.1, 0.15) is 0 Å². The first-order valence-electron chi connectivity index (χ1n) is 3.74. The van der Waals surface area contributed by atoms with Crippen LogP contribution in [0.3, 0.4) is 0 Å². The number of hydrogen-bond acceptors (Lipinski definition) is 1. The molecular weight excluding hydrogens is 286 g/mol. The predicted octanol–water partition coefficient (Wildman–Crippen LogP) is 2.58. The molecular formula is C7H21Br2N3. The molecule has 0 aliphatic rings. The van der Waals surface area contributed by atoms with Crippen LogP contribution in [0.15, 0.2) is 0 Å². The van der Waals surface area contributed by atoms with E-state index in [2.05, 4.69) is 25.3 Å². The van der Waals surface area contributed by atoms with Crippen LogP contribution in [0.1, 0.15) is 39.5 Å². The van der Waals surface area contributed by atoms with E-state index >= 15 is 0 Å². The van der Waals surface area contributed by atoms with Gasteiger partial charge in [-0.2, -0.15) is 0 Å². The van der Waals surface area contributed by atoms with E-state index in [1.54, 1.807) is 0 Å². The molecule has 0 aliphatic heterocycles. The van der Waals surface area contributed by atoms with Crippen LogP contribution in [-0.2, 0) is 0 Å². The first kappa shape index (κ1) is 22.8. The minimum absolute atomic E-state index is 0. The molecule has 0 rings (SSSR count). The van der Waals surface area contributed by atoms with Crippen molar-refractivity contribution in [1.82, 2.24) is 0 Å². The largest absolute Gasteiger partial charge is 0.370 e. The molecule has 12 heavy (non-hydrogen) atoms. The van der Waals surface area contributed by atoms with Gasteiger partial charge < -0.3 is 11.5 Å². The molecule has 0 aliphatic carbocycles. The van der Waals surface area contributed by atoms with Crippen molar-refractivity contribution in [2.45, 2.75) is 39.5 Å². The van der Waals surface area contributed by atoms with Gasteiger partial charge in [-0.1, -0.05) is 39.5 Å². The van der Waals surface area contributed by atoms with E-state index in [0.717, 1.165) is 0 Å². The van der Waals surface area contributed by atoms with Crippen molar-refractivity contribution in [3.8, 4) is 0 Å². The number of nitrogens with one attached hydrogen (secondary N) is 1. The summed E-state index contributed by atoms with van der Waals surface area (Å²) in [5.41, 5.74) is 8.94. The molecule has 0 aromatic heterocycles. The monoisotopic (exact) mass is 305 g/mol. The Morgan fingerprint density at radius 2 is 1.17 bits per heavy atom. The van der Waals surface area contributed by atoms with Crippen LogP contribution in [0.2, 0.25) is 0 Å². The summed E-state index contributed by atoms with van der Waals surface area (Å²) < 4.78 is 0. The van der Waals surface area contributed by atoms with E-state index in [4.69, 9.17) is 5.41 Å². The topological polar surface area (TPSA) is 75.9 Å². The van der Waals surface area contributed by atoms with E-state index < -0.39 is 0 Å². The van der Waals surface area contributed by atoms with E-state index in [1.807, 2.05) is 0 Å². The third-order valence-corrected chi connectivity index (χ3v) is 0.957. The van der Waals surface area contributed by atoms with Crippen LogP contribution in [0.4, 0.5) is 0 Å². The summed E-state index contributed by atoms with van der Waals surface area (Å²) in [5.74, 6) is -0.333. The van der Waals surface area contributed by atoms with Crippen LogP contribution in [0, 0.1) is 5.41 Å². The number of nitrogens with two attached hydrogens (primary N) is 2. The Bertz CT molecular complexity index is 71.1. The van der Waals surface area contributed by atoms with E-state index in [-0.39, 0.29) is 39.9 Å². The molecule has 0 radical (unpaired) electrons. The number of unbranched alkanes of at least 4 members (excludes halogenated alkanes) is 3. The Kier molecular flexibility index (Phi) is 42.7. The van der Waals surface area contributed by atoms with Gasteiger partial charge in [-0.05, 0) is 0 Å². The fourth-order valence-electron chi connectivity index (χ4n) is 0.500. The van der Waals surface area contributed by atoms with Gasteiger partial charge in [0.2, 0.25) is 0 Å². The molecule has 0 saturated heterocycles. The highest BCUT2D eigenvalue weighted by atomic mass is 79.9. The summed E-state index contributed by atoms with van der Waals surface area (Å²) in [6.45, 7) is 4.46. The lowest BCUT2D eigenvalue weighted by atomic mass is 10.2. The SMILES string of the molecule is Br.Br.CCCCCC.N=C(N)N. The summed E-state index contributed by atoms with van der Waals surface area (Å²) in [4.78, 5) is 0. The lowest BCUT2D eigenvalue weighted by Gasteiger charge is -1.86. The van der Waals surface area contributed by atoms with Crippen LogP contribution < -0.4 is 11.5 Å². The zero-order valence-electron chi connectivity index (χ0n) is 7.80. The van der Waals surface area contributed by atoms with Crippen LogP contribution in [-0.4, -0.2) is 5.96 Å². The Hall–Kier alpha value is 0.230. The van der Waals surface area contributed by atoms with Crippen molar-refractivity contribution in [3.63, 3.8) is 0 Å². The molecule has 0 atom stereocenters. The Balaban J connectivity index is -0.0000000483. The maximum atomic E-state index is 6.06. The van der Waals surface area contributed by atoms with Crippen LogP contribution in [0.25, 0.3) is 0 Å². The second kappa shape index (κ2) is 22.5. The highest BCUT2D eigenvalue weighted by Crippen LogP contribution is 1.95. The fraction of sp³-hybridized carbons (Fsp3) is 0.857. The third-order valence-electron chi connectivity index (χ3n) is 0.957. The maximum absolute atomic E-state index is 6.06. The van der Waals surface area contributed by atoms with Crippen molar-refractivity contribution in [2.75, 3.05) is 0 Å². The predicted molar refractivity (Wildman–Crippen MR) is 66.6 cm³/mol. The Morgan fingerprint density at radius 3 is 1.25 bits per heavy atom. The second-order valence-corrected chi connectivity index (χ2v) is 2.16. The zero-order valence-corrected chi connectivity index (χ0v) is 11.2. The summed E-state index contributed by atoms with van der Waals surface area (Å²) in [6, 6.07) is 0. The minimum Gasteiger partial charge on any atom is -0.370 e. The minimum atomic E-state index is -0.333. The van der Waals surface area contributed by atoms with Crippen molar-refractivity contribution in [1.29, 1.82) is 5.41 Å². The van der Waals surface area contributed by atoms with Gasteiger partial charge in [-0.25, -0.2) is 0 Å². The first-order chi connectivity index (χ1) is 4.65. The fourth-order valence-corrected chi connectivity index (χ4v) is 0.500. The van der Waals surface area contributed by atoms with Gasteiger partial charge >= 0.3 is 0 Å².